The van der Waals surface area contributed by atoms with Crippen LogP contribution in [-0.4, -0.2) is 14.5 Å². The van der Waals surface area contributed by atoms with Gasteiger partial charge in [-0.25, -0.2) is 9.97 Å². The fraction of sp³-hybridized carbons (Fsp3) is 0.154. The zero-order valence-corrected chi connectivity index (χ0v) is 32.1. The van der Waals surface area contributed by atoms with Crippen molar-refractivity contribution in [3.8, 4) is 39.5 Å². The molecule has 270 valence electrons. The van der Waals surface area contributed by atoms with Gasteiger partial charge in [0.1, 0.15) is 16.8 Å². The van der Waals surface area contributed by atoms with Crippen LogP contribution in [0.2, 0.25) is 0 Å². The summed E-state index contributed by atoms with van der Waals surface area (Å²) in [5.74, 6) is 0.671. The lowest BCUT2D eigenvalue weighted by atomic mass is 9.63. The standard InChI is InChI=1S/C52H41N3O/c1-51(2)27-28-52(3,4)43-31-45-41(30-42(43)51)39-13-7-9-15-44(39)55(45)38-25-23-35(24-26-38)50-53-47(49-48(54-50)40-14-8-10-16-46(40)56-49)34-20-17-33(18-21-34)37-22-19-32-11-5-6-12-36(32)29-37/h5-26,29-31H,27-28H2,1-4H3. The van der Waals surface area contributed by atoms with Crippen LogP contribution in [0.3, 0.4) is 0 Å². The highest BCUT2D eigenvalue weighted by molar-refractivity contribution is 6.10. The maximum absolute atomic E-state index is 6.48. The van der Waals surface area contributed by atoms with E-state index in [1.54, 1.807) is 0 Å². The maximum Gasteiger partial charge on any atom is 0.180 e. The molecule has 0 unspecified atom stereocenters. The van der Waals surface area contributed by atoms with Crippen molar-refractivity contribution in [3.63, 3.8) is 0 Å². The van der Waals surface area contributed by atoms with E-state index >= 15 is 0 Å². The zero-order valence-electron chi connectivity index (χ0n) is 32.1. The van der Waals surface area contributed by atoms with Gasteiger partial charge in [-0.3, -0.25) is 0 Å². The molecule has 11 rings (SSSR count). The van der Waals surface area contributed by atoms with Gasteiger partial charge in [-0.15, -0.1) is 0 Å². The van der Waals surface area contributed by atoms with Crippen molar-refractivity contribution in [2.24, 2.45) is 0 Å². The van der Waals surface area contributed by atoms with Crippen LogP contribution < -0.4 is 0 Å². The van der Waals surface area contributed by atoms with Gasteiger partial charge in [0, 0.05) is 33.0 Å². The molecule has 0 N–H and O–H groups in total. The van der Waals surface area contributed by atoms with Crippen LogP contribution in [0.5, 0.6) is 0 Å². The zero-order chi connectivity index (χ0) is 37.8. The number of nitrogens with zero attached hydrogens (tertiary/aromatic N) is 3. The summed E-state index contributed by atoms with van der Waals surface area (Å²) in [6.45, 7) is 9.62. The molecule has 0 bridgehead atoms. The summed E-state index contributed by atoms with van der Waals surface area (Å²) in [5.41, 5.74) is 14.2. The monoisotopic (exact) mass is 723 g/mol. The van der Waals surface area contributed by atoms with E-state index in [2.05, 4.69) is 166 Å². The van der Waals surface area contributed by atoms with Crippen molar-refractivity contribution < 1.29 is 4.42 Å². The molecule has 0 aliphatic heterocycles. The lowest BCUT2D eigenvalue weighted by molar-refractivity contribution is 0.332. The van der Waals surface area contributed by atoms with Crippen molar-refractivity contribution in [3.05, 3.63) is 163 Å². The molecule has 1 aliphatic carbocycles. The average molecular weight is 724 g/mol. The summed E-state index contributed by atoms with van der Waals surface area (Å²) < 4.78 is 8.91. The Morgan fingerprint density at radius 3 is 1.91 bits per heavy atom. The minimum atomic E-state index is 0.117. The first kappa shape index (κ1) is 32.9. The van der Waals surface area contributed by atoms with Crippen LogP contribution in [0.4, 0.5) is 0 Å². The summed E-state index contributed by atoms with van der Waals surface area (Å²) in [4.78, 5) is 10.4. The van der Waals surface area contributed by atoms with Gasteiger partial charge in [0.05, 0.1) is 11.0 Å². The lowest BCUT2D eigenvalue weighted by Crippen LogP contribution is -2.33. The van der Waals surface area contributed by atoms with Crippen molar-refractivity contribution >= 4 is 54.6 Å². The van der Waals surface area contributed by atoms with E-state index in [4.69, 9.17) is 14.4 Å². The van der Waals surface area contributed by atoms with E-state index in [-0.39, 0.29) is 10.8 Å². The van der Waals surface area contributed by atoms with Crippen molar-refractivity contribution in [2.45, 2.75) is 51.4 Å². The molecule has 0 fully saturated rings. The normalized spacial score (nSPS) is 14.9. The van der Waals surface area contributed by atoms with Gasteiger partial charge < -0.3 is 8.98 Å². The lowest BCUT2D eigenvalue weighted by Gasteiger charge is -2.42. The maximum atomic E-state index is 6.48. The molecule has 1 aliphatic rings. The summed E-state index contributed by atoms with van der Waals surface area (Å²) in [7, 11) is 0. The van der Waals surface area contributed by atoms with Gasteiger partial charge >= 0.3 is 0 Å². The van der Waals surface area contributed by atoms with Crippen LogP contribution in [0.15, 0.2) is 156 Å². The third kappa shape index (κ3) is 5.05. The number of furan rings is 1. The Hall–Kier alpha value is -6.52. The highest BCUT2D eigenvalue weighted by Crippen LogP contribution is 2.48. The summed E-state index contributed by atoms with van der Waals surface area (Å²) in [5, 5.41) is 6.05. The third-order valence-electron chi connectivity index (χ3n) is 12.5. The Morgan fingerprint density at radius 2 is 1.12 bits per heavy atom. The first-order valence-corrected chi connectivity index (χ1v) is 19.7. The molecule has 4 nitrogen and oxygen atoms in total. The smallest absolute Gasteiger partial charge is 0.180 e. The Bertz CT molecular complexity index is 3180. The largest absolute Gasteiger partial charge is 0.452 e. The number of hydrogen-bond acceptors (Lipinski definition) is 3. The Morgan fingerprint density at radius 1 is 0.500 bits per heavy atom. The fourth-order valence-corrected chi connectivity index (χ4v) is 9.17. The number of benzene rings is 7. The van der Waals surface area contributed by atoms with Crippen LogP contribution in [0.25, 0.3) is 94.1 Å². The summed E-state index contributed by atoms with van der Waals surface area (Å²) in [6, 6.07) is 54.4. The Kier molecular flexibility index (Phi) is 7.04. The van der Waals surface area contributed by atoms with Gasteiger partial charge in [-0.1, -0.05) is 119 Å². The van der Waals surface area contributed by atoms with Crippen molar-refractivity contribution in [1.82, 2.24) is 14.5 Å². The van der Waals surface area contributed by atoms with Crippen molar-refractivity contribution in [2.75, 3.05) is 0 Å². The fourth-order valence-electron chi connectivity index (χ4n) is 9.17. The van der Waals surface area contributed by atoms with E-state index in [9.17, 15) is 0 Å². The second kappa shape index (κ2) is 12.0. The van der Waals surface area contributed by atoms with Crippen LogP contribution in [-0.2, 0) is 10.8 Å². The first-order valence-electron chi connectivity index (χ1n) is 19.7. The number of fused-ring (bicyclic) bond motifs is 8. The molecule has 0 atom stereocenters. The van der Waals surface area contributed by atoms with Crippen LogP contribution in [0.1, 0.15) is 51.7 Å². The Labute approximate surface area is 326 Å². The van der Waals surface area contributed by atoms with Gasteiger partial charge in [0.15, 0.2) is 11.4 Å². The highest BCUT2D eigenvalue weighted by Gasteiger charge is 2.38. The molecule has 10 aromatic rings. The predicted octanol–water partition coefficient (Wildman–Crippen LogP) is 14.0. The van der Waals surface area contributed by atoms with Gasteiger partial charge in [-0.05, 0) is 117 Å². The molecule has 3 heterocycles. The van der Waals surface area contributed by atoms with E-state index in [1.807, 2.05) is 18.2 Å². The molecular weight excluding hydrogens is 683 g/mol. The number of aromatic nitrogens is 3. The highest BCUT2D eigenvalue weighted by atomic mass is 16.3. The molecule has 7 aromatic carbocycles. The van der Waals surface area contributed by atoms with Crippen molar-refractivity contribution in [1.29, 1.82) is 0 Å². The number of rotatable bonds is 4. The quantitative estimate of drug-likeness (QED) is 0.182. The number of hydrogen-bond donors (Lipinski definition) is 0. The Balaban J connectivity index is 1.04. The van der Waals surface area contributed by atoms with Crippen LogP contribution >= 0.6 is 0 Å². The molecule has 0 radical (unpaired) electrons. The van der Waals surface area contributed by atoms with E-state index in [0.717, 1.165) is 44.6 Å². The molecule has 56 heavy (non-hydrogen) atoms. The van der Waals surface area contributed by atoms with E-state index in [0.29, 0.717) is 11.4 Å². The number of para-hydroxylation sites is 2. The molecule has 0 saturated carbocycles. The molecular formula is C52H41N3O. The minimum Gasteiger partial charge on any atom is -0.452 e. The molecule has 0 amide bonds. The predicted molar refractivity (Wildman–Crippen MR) is 233 cm³/mol. The second-order valence-corrected chi connectivity index (χ2v) is 16.9. The molecule has 4 heteroatoms. The minimum absolute atomic E-state index is 0.117. The molecule has 3 aromatic heterocycles. The molecule has 0 saturated heterocycles. The van der Waals surface area contributed by atoms with E-state index in [1.165, 1.54) is 62.1 Å². The molecule has 0 spiro atoms. The van der Waals surface area contributed by atoms with Gasteiger partial charge in [-0.2, -0.15) is 0 Å². The summed E-state index contributed by atoms with van der Waals surface area (Å²) in [6.07, 6.45) is 2.37. The topological polar surface area (TPSA) is 43.9 Å². The SMILES string of the molecule is CC1(C)CCC(C)(C)c2cc3c(cc21)c1ccccc1n3-c1ccc(-c2nc(-c3ccc(-c4ccc5ccccc5c4)cc3)c3oc4ccccc4c3n2)cc1. The van der Waals surface area contributed by atoms with Gasteiger partial charge in [0.2, 0.25) is 0 Å². The third-order valence-corrected chi connectivity index (χ3v) is 12.5. The second-order valence-electron chi connectivity index (χ2n) is 16.9. The average Bonchev–Trinajstić information content (AvgIpc) is 3.77. The van der Waals surface area contributed by atoms with Gasteiger partial charge in [0.25, 0.3) is 0 Å². The van der Waals surface area contributed by atoms with Crippen LogP contribution in [0, 0.1) is 0 Å². The summed E-state index contributed by atoms with van der Waals surface area (Å²) >= 11 is 0. The first-order chi connectivity index (χ1) is 27.2. The van der Waals surface area contributed by atoms with E-state index < -0.39 is 0 Å².